The first-order valence-electron chi connectivity index (χ1n) is 8.90. The molecule has 0 saturated heterocycles. The van der Waals surface area contributed by atoms with Crippen molar-refractivity contribution in [3.8, 4) is 22.8 Å². The van der Waals surface area contributed by atoms with Crippen LogP contribution in [0.15, 0.2) is 42.9 Å². The topological polar surface area (TPSA) is 66.1 Å². The standard InChI is InChI=1S/C19H23N5O2/c1-23-14-16(13-20-6-2-8-24-9-3-7-21-24)19(22-23)15-4-5-17-18(12-15)26-11-10-25-17/h3-5,7,9,12,14,20H,2,6,8,10-11,13H2,1H3. The van der Waals surface area contributed by atoms with Crippen LogP contribution in [-0.4, -0.2) is 39.3 Å². The van der Waals surface area contributed by atoms with Gasteiger partial charge < -0.3 is 14.8 Å². The molecule has 26 heavy (non-hydrogen) atoms. The molecular weight excluding hydrogens is 330 g/mol. The maximum atomic E-state index is 5.70. The highest BCUT2D eigenvalue weighted by Crippen LogP contribution is 2.34. The van der Waals surface area contributed by atoms with Gasteiger partial charge in [0, 0.05) is 49.9 Å². The Bertz CT molecular complexity index is 857. The number of nitrogens with one attached hydrogen (secondary N) is 1. The number of ether oxygens (including phenoxy) is 2. The van der Waals surface area contributed by atoms with E-state index in [2.05, 4.69) is 21.7 Å². The van der Waals surface area contributed by atoms with Crippen molar-refractivity contribution < 1.29 is 9.47 Å². The summed E-state index contributed by atoms with van der Waals surface area (Å²) >= 11 is 0. The van der Waals surface area contributed by atoms with Crippen molar-refractivity contribution in [2.75, 3.05) is 19.8 Å². The molecule has 7 heteroatoms. The minimum Gasteiger partial charge on any atom is -0.486 e. The van der Waals surface area contributed by atoms with Gasteiger partial charge in [0.05, 0.1) is 5.69 Å². The zero-order valence-corrected chi connectivity index (χ0v) is 14.9. The van der Waals surface area contributed by atoms with Crippen LogP contribution in [0.5, 0.6) is 11.5 Å². The Labute approximate surface area is 152 Å². The van der Waals surface area contributed by atoms with Gasteiger partial charge in [-0.05, 0) is 37.2 Å². The Morgan fingerprint density at radius 2 is 2.08 bits per heavy atom. The number of hydrogen-bond donors (Lipinski definition) is 1. The molecule has 1 aromatic carbocycles. The molecule has 136 valence electrons. The molecule has 1 N–H and O–H groups in total. The molecule has 1 aliphatic heterocycles. The minimum atomic E-state index is 0.587. The SMILES string of the molecule is Cn1cc(CNCCCn2cccn2)c(-c2ccc3c(c2)OCCO3)n1. The van der Waals surface area contributed by atoms with E-state index in [4.69, 9.17) is 9.47 Å². The Morgan fingerprint density at radius 1 is 1.19 bits per heavy atom. The van der Waals surface area contributed by atoms with Crippen LogP contribution in [0.25, 0.3) is 11.3 Å². The number of hydrogen-bond acceptors (Lipinski definition) is 5. The molecule has 7 nitrogen and oxygen atoms in total. The molecular formula is C19H23N5O2. The lowest BCUT2D eigenvalue weighted by Crippen LogP contribution is -2.17. The van der Waals surface area contributed by atoms with E-state index in [1.54, 1.807) is 0 Å². The molecule has 0 amide bonds. The summed E-state index contributed by atoms with van der Waals surface area (Å²) in [5, 5.41) is 12.4. The lowest BCUT2D eigenvalue weighted by Gasteiger charge is -2.18. The van der Waals surface area contributed by atoms with Gasteiger partial charge in [0.15, 0.2) is 11.5 Å². The zero-order chi connectivity index (χ0) is 17.8. The highest BCUT2D eigenvalue weighted by Gasteiger charge is 2.16. The van der Waals surface area contributed by atoms with E-state index < -0.39 is 0 Å². The van der Waals surface area contributed by atoms with Gasteiger partial charge in [-0.25, -0.2) is 0 Å². The quantitative estimate of drug-likeness (QED) is 0.660. The maximum absolute atomic E-state index is 5.70. The van der Waals surface area contributed by atoms with Crippen molar-refractivity contribution in [3.63, 3.8) is 0 Å². The summed E-state index contributed by atoms with van der Waals surface area (Å²) in [5.74, 6) is 1.59. The molecule has 0 bridgehead atoms. The lowest BCUT2D eigenvalue weighted by molar-refractivity contribution is 0.171. The number of aromatic nitrogens is 4. The number of fused-ring (bicyclic) bond motifs is 1. The first-order chi connectivity index (χ1) is 12.8. The van der Waals surface area contributed by atoms with Crippen LogP contribution >= 0.6 is 0 Å². The minimum absolute atomic E-state index is 0.587. The van der Waals surface area contributed by atoms with Crippen molar-refractivity contribution >= 4 is 0 Å². The summed E-state index contributed by atoms with van der Waals surface area (Å²) < 4.78 is 15.1. The van der Waals surface area contributed by atoms with Crippen molar-refractivity contribution in [1.82, 2.24) is 24.9 Å². The zero-order valence-electron chi connectivity index (χ0n) is 14.9. The Morgan fingerprint density at radius 3 is 2.92 bits per heavy atom. The average molecular weight is 353 g/mol. The summed E-state index contributed by atoms with van der Waals surface area (Å²) in [6.45, 7) is 3.81. The molecule has 0 unspecified atom stereocenters. The lowest BCUT2D eigenvalue weighted by atomic mass is 10.1. The van der Waals surface area contributed by atoms with Crippen molar-refractivity contribution in [3.05, 3.63) is 48.4 Å². The van der Waals surface area contributed by atoms with Crippen LogP contribution in [0, 0.1) is 0 Å². The smallest absolute Gasteiger partial charge is 0.162 e. The number of nitrogens with zero attached hydrogens (tertiary/aromatic N) is 4. The monoisotopic (exact) mass is 353 g/mol. The fourth-order valence-electron chi connectivity index (χ4n) is 3.12. The van der Waals surface area contributed by atoms with Gasteiger partial charge in [0.25, 0.3) is 0 Å². The van der Waals surface area contributed by atoms with E-state index in [1.165, 1.54) is 5.56 Å². The molecule has 3 aromatic rings. The Hall–Kier alpha value is -2.80. The Balaban J connectivity index is 1.40. The third kappa shape index (κ3) is 3.72. The van der Waals surface area contributed by atoms with Gasteiger partial charge in [-0.15, -0.1) is 0 Å². The molecule has 0 atom stereocenters. The molecule has 1 aliphatic rings. The van der Waals surface area contributed by atoms with Crippen LogP contribution in [0.2, 0.25) is 0 Å². The van der Waals surface area contributed by atoms with Crippen molar-refractivity contribution in [2.24, 2.45) is 7.05 Å². The van der Waals surface area contributed by atoms with Crippen molar-refractivity contribution in [1.29, 1.82) is 0 Å². The van der Waals surface area contributed by atoms with E-state index in [9.17, 15) is 0 Å². The molecule has 3 heterocycles. The highest BCUT2D eigenvalue weighted by molar-refractivity contribution is 5.66. The Kier molecular flexibility index (Phi) is 4.88. The molecule has 2 aromatic heterocycles. The largest absolute Gasteiger partial charge is 0.486 e. The van der Waals surface area contributed by atoms with Gasteiger partial charge in [-0.2, -0.15) is 10.2 Å². The van der Waals surface area contributed by atoms with Crippen LogP contribution in [0.3, 0.4) is 0 Å². The van der Waals surface area contributed by atoms with E-state index in [0.717, 1.165) is 48.8 Å². The van der Waals surface area contributed by atoms with Gasteiger partial charge >= 0.3 is 0 Å². The summed E-state index contributed by atoms with van der Waals surface area (Å²) in [6.07, 6.45) is 6.89. The second kappa shape index (κ2) is 7.61. The third-order valence-electron chi connectivity index (χ3n) is 4.34. The van der Waals surface area contributed by atoms with Crippen molar-refractivity contribution in [2.45, 2.75) is 19.5 Å². The number of aryl methyl sites for hydroxylation is 2. The van der Waals surface area contributed by atoms with Gasteiger partial charge in [0.1, 0.15) is 13.2 Å². The fraction of sp³-hybridized carbons (Fsp3) is 0.368. The second-order valence-corrected chi connectivity index (χ2v) is 6.33. The van der Waals surface area contributed by atoms with Gasteiger partial charge in [-0.1, -0.05) is 0 Å². The van der Waals surface area contributed by atoms with E-state index in [1.807, 2.05) is 53.1 Å². The number of benzene rings is 1. The second-order valence-electron chi connectivity index (χ2n) is 6.33. The molecule has 4 rings (SSSR count). The van der Waals surface area contributed by atoms with Crippen LogP contribution in [0.1, 0.15) is 12.0 Å². The van der Waals surface area contributed by atoms with Gasteiger partial charge in [-0.3, -0.25) is 9.36 Å². The molecule has 0 spiro atoms. The molecule has 0 aliphatic carbocycles. The van der Waals surface area contributed by atoms with E-state index in [0.29, 0.717) is 13.2 Å². The summed E-state index contributed by atoms with van der Waals surface area (Å²) in [5.41, 5.74) is 3.19. The predicted molar refractivity (Wildman–Crippen MR) is 98.2 cm³/mol. The predicted octanol–water partition coefficient (Wildman–Crippen LogP) is 2.23. The highest BCUT2D eigenvalue weighted by atomic mass is 16.6. The van der Waals surface area contributed by atoms with Gasteiger partial charge in [0.2, 0.25) is 0 Å². The molecule has 0 fully saturated rings. The average Bonchev–Trinajstić information content (AvgIpc) is 3.30. The van der Waals surface area contributed by atoms with Crippen LogP contribution < -0.4 is 14.8 Å². The normalized spacial score (nSPS) is 13.1. The summed E-state index contributed by atoms with van der Waals surface area (Å²) in [7, 11) is 1.95. The molecule has 0 radical (unpaired) electrons. The first kappa shape index (κ1) is 16.7. The summed E-state index contributed by atoms with van der Waals surface area (Å²) in [6, 6.07) is 7.96. The van der Waals surface area contributed by atoms with Crippen LogP contribution in [0.4, 0.5) is 0 Å². The third-order valence-corrected chi connectivity index (χ3v) is 4.34. The van der Waals surface area contributed by atoms with E-state index in [-0.39, 0.29) is 0 Å². The fourth-order valence-corrected chi connectivity index (χ4v) is 3.12. The number of rotatable bonds is 7. The van der Waals surface area contributed by atoms with E-state index >= 15 is 0 Å². The molecule has 0 saturated carbocycles. The van der Waals surface area contributed by atoms with Crippen LogP contribution in [-0.2, 0) is 20.1 Å². The first-order valence-corrected chi connectivity index (χ1v) is 8.90. The maximum Gasteiger partial charge on any atom is 0.162 e. The summed E-state index contributed by atoms with van der Waals surface area (Å²) in [4.78, 5) is 0.